The number of ether oxygens (including phenoxy) is 1. The minimum Gasteiger partial charge on any atom is -0.465 e. The molecule has 0 unspecified atom stereocenters. The first-order valence-corrected chi connectivity index (χ1v) is 8.64. The number of halogens is 1. The molecule has 1 heterocycles. The SMILES string of the molecule is CCOC(=O)CN(CC(C)C)S(=O)(=O)c1c(Br)nnn1C. The maximum Gasteiger partial charge on any atom is 0.321 e. The van der Waals surface area contributed by atoms with E-state index in [-0.39, 0.29) is 35.2 Å². The number of rotatable bonds is 7. The lowest BCUT2D eigenvalue weighted by Gasteiger charge is -2.22. The molecule has 0 spiro atoms. The number of esters is 1. The molecule has 0 radical (unpaired) electrons. The number of carbonyl (C=O) groups is 1. The van der Waals surface area contributed by atoms with Crippen molar-refractivity contribution in [2.24, 2.45) is 13.0 Å². The zero-order valence-corrected chi connectivity index (χ0v) is 14.8. The molecule has 0 saturated carbocycles. The molecule has 0 aliphatic carbocycles. The third kappa shape index (κ3) is 4.48. The van der Waals surface area contributed by atoms with Crippen molar-refractivity contribution in [3.63, 3.8) is 0 Å². The molecule has 0 aromatic carbocycles. The Morgan fingerprint density at radius 3 is 2.52 bits per heavy atom. The number of hydrogen-bond acceptors (Lipinski definition) is 6. The van der Waals surface area contributed by atoms with Gasteiger partial charge >= 0.3 is 5.97 Å². The largest absolute Gasteiger partial charge is 0.465 e. The Kier molecular flexibility index (Phi) is 6.29. The summed E-state index contributed by atoms with van der Waals surface area (Å²) in [4.78, 5) is 11.6. The molecular formula is C11H19BrN4O4S. The highest BCUT2D eigenvalue weighted by molar-refractivity contribution is 9.10. The highest BCUT2D eigenvalue weighted by Gasteiger charge is 2.33. The lowest BCUT2D eigenvalue weighted by atomic mass is 10.2. The fraction of sp³-hybridized carbons (Fsp3) is 0.727. The van der Waals surface area contributed by atoms with Gasteiger partial charge in [-0.15, -0.1) is 5.10 Å². The van der Waals surface area contributed by atoms with E-state index in [0.717, 1.165) is 8.99 Å². The van der Waals surface area contributed by atoms with Crippen LogP contribution in [-0.4, -0.2) is 53.4 Å². The van der Waals surface area contributed by atoms with Crippen molar-refractivity contribution < 1.29 is 17.9 Å². The first-order chi connectivity index (χ1) is 9.70. The number of aromatic nitrogens is 3. The minimum absolute atomic E-state index is 0.0502. The highest BCUT2D eigenvalue weighted by Crippen LogP contribution is 2.22. The van der Waals surface area contributed by atoms with Crippen LogP contribution in [0.1, 0.15) is 20.8 Å². The van der Waals surface area contributed by atoms with Crippen LogP contribution in [0.25, 0.3) is 0 Å². The zero-order valence-electron chi connectivity index (χ0n) is 12.4. The Morgan fingerprint density at radius 1 is 1.48 bits per heavy atom. The Balaban J connectivity index is 3.15. The summed E-state index contributed by atoms with van der Waals surface area (Å²) in [7, 11) is -2.43. The van der Waals surface area contributed by atoms with Crippen LogP contribution in [0.5, 0.6) is 0 Å². The summed E-state index contributed by atoms with van der Waals surface area (Å²) in [5, 5.41) is 7.23. The molecular weight excluding hydrogens is 364 g/mol. The van der Waals surface area contributed by atoms with E-state index < -0.39 is 16.0 Å². The summed E-state index contributed by atoms with van der Waals surface area (Å²) in [5.41, 5.74) is 0. The maximum atomic E-state index is 12.7. The van der Waals surface area contributed by atoms with Crippen LogP contribution in [-0.2, 0) is 26.6 Å². The summed E-state index contributed by atoms with van der Waals surface area (Å²) in [6.45, 7) is 5.45. The fourth-order valence-electron chi connectivity index (χ4n) is 1.72. The lowest BCUT2D eigenvalue weighted by Crippen LogP contribution is -2.39. The molecule has 0 N–H and O–H groups in total. The smallest absolute Gasteiger partial charge is 0.321 e. The van der Waals surface area contributed by atoms with Crippen LogP contribution in [0.2, 0.25) is 0 Å². The minimum atomic E-state index is -3.90. The van der Waals surface area contributed by atoms with Crippen LogP contribution >= 0.6 is 15.9 Å². The van der Waals surface area contributed by atoms with Gasteiger partial charge in [-0.05, 0) is 28.8 Å². The topological polar surface area (TPSA) is 94.4 Å². The van der Waals surface area contributed by atoms with Crippen molar-refractivity contribution in [3.05, 3.63) is 4.60 Å². The second-order valence-electron chi connectivity index (χ2n) is 4.81. The van der Waals surface area contributed by atoms with Gasteiger partial charge in [0.2, 0.25) is 5.03 Å². The summed E-state index contributed by atoms with van der Waals surface area (Å²) < 4.78 is 32.6. The Bertz CT molecular complexity index is 580. The molecule has 0 aliphatic heterocycles. The van der Waals surface area contributed by atoms with E-state index in [2.05, 4.69) is 26.2 Å². The first kappa shape index (κ1) is 18.1. The van der Waals surface area contributed by atoms with Crippen LogP contribution in [0, 0.1) is 5.92 Å². The van der Waals surface area contributed by atoms with Gasteiger partial charge in [-0.1, -0.05) is 19.1 Å². The van der Waals surface area contributed by atoms with Crippen molar-refractivity contribution in [2.45, 2.75) is 25.8 Å². The van der Waals surface area contributed by atoms with Gasteiger partial charge in [0.15, 0.2) is 4.60 Å². The Labute approximate surface area is 132 Å². The standard InChI is InChI=1S/C11H19BrN4O4S/c1-5-20-9(17)7-16(6-8(2)3)21(18,19)11-10(12)13-14-15(11)4/h8H,5-7H2,1-4H3. The summed E-state index contributed by atoms with van der Waals surface area (Å²) in [5.74, 6) is -0.540. The third-order valence-electron chi connectivity index (χ3n) is 2.50. The van der Waals surface area contributed by atoms with Crippen molar-refractivity contribution in [1.82, 2.24) is 19.3 Å². The van der Waals surface area contributed by atoms with Gasteiger partial charge < -0.3 is 4.74 Å². The summed E-state index contributed by atoms with van der Waals surface area (Å²) in [6.07, 6.45) is 0. The molecule has 0 fully saturated rings. The lowest BCUT2D eigenvalue weighted by molar-refractivity contribution is -0.143. The predicted octanol–water partition coefficient (Wildman–Crippen LogP) is 0.787. The third-order valence-corrected chi connectivity index (χ3v) is 5.20. The molecule has 0 amide bonds. The van der Waals surface area contributed by atoms with Gasteiger partial charge in [-0.25, -0.2) is 13.1 Å². The molecule has 120 valence electrons. The van der Waals surface area contributed by atoms with Gasteiger partial charge in [0.1, 0.15) is 6.54 Å². The van der Waals surface area contributed by atoms with Crippen LogP contribution < -0.4 is 0 Å². The molecule has 0 saturated heterocycles. The summed E-state index contributed by atoms with van der Waals surface area (Å²) in [6, 6.07) is 0. The van der Waals surface area contributed by atoms with Gasteiger partial charge in [-0.3, -0.25) is 4.79 Å². The van der Waals surface area contributed by atoms with Crippen molar-refractivity contribution in [2.75, 3.05) is 19.7 Å². The van der Waals surface area contributed by atoms with E-state index in [1.165, 1.54) is 7.05 Å². The van der Waals surface area contributed by atoms with E-state index in [4.69, 9.17) is 4.74 Å². The molecule has 0 atom stereocenters. The number of sulfonamides is 1. The maximum absolute atomic E-state index is 12.7. The Hall–Kier alpha value is -1.00. The van der Waals surface area contributed by atoms with Gasteiger partial charge in [0.25, 0.3) is 10.0 Å². The van der Waals surface area contributed by atoms with Crippen molar-refractivity contribution >= 4 is 31.9 Å². The molecule has 1 aromatic rings. The van der Waals surface area contributed by atoms with Crippen LogP contribution in [0.15, 0.2) is 9.63 Å². The van der Waals surface area contributed by atoms with E-state index in [9.17, 15) is 13.2 Å². The second-order valence-corrected chi connectivity index (χ2v) is 7.41. The molecule has 1 rings (SSSR count). The van der Waals surface area contributed by atoms with Crippen LogP contribution in [0.4, 0.5) is 0 Å². The first-order valence-electron chi connectivity index (χ1n) is 6.41. The summed E-state index contributed by atoms with van der Waals surface area (Å²) >= 11 is 3.07. The molecule has 1 aromatic heterocycles. The van der Waals surface area contributed by atoms with Gasteiger partial charge in [0, 0.05) is 13.6 Å². The predicted molar refractivity (Wildman–Crippen MR) is 78.9 cm³/mol. The molecule has 8 nitrogen and oxygen atoms in total. The average Bonchev–Trinajstić information content (AvgIpc) is 2.68. The quantitative estimate of drug-likeness (QED) is 0.646. The second kappa shape index (κ2) is 7.32. The number of aryl methyl sites for hydroxylation is 1. The fourth-order valence-corrected chi connectivity index (χ4v) is 4.30. The Morgan fingerprint density at radius 2 is 2.10 bits per heavy atom. The number of hydrogen-bond donors (Lipinski definition) is 0. The van der Waals surface area contributed by atoms with Crippen molar-refractivity contribution in [1.29, 1.82) is 0 Å². The zero-order chi connectivity index (χ0) is 16.2. The van der Waals surface area contributed by atoms with E-state index in [1.807, 2.05) is 13.8 Å². The average molecular weight is 383 g/mol. The molecule has 10 heteroatoms. The highest BCUT2D eigenvalue weighted by atomic mass is 79.9. The molecule has 0 aliphatic rings. The van der Waals surface area contributed by atoms with Gasteiger partial charge in [0.05, 0.1) is 6.61 Å². The molecule has 21 heavy (non-hydrogen) atoms. The van der Waals surface area contributed by atoms with Gasteiger partial charge in [-0.2, -0.15) is 4.31 Å². The van der Waals surface area contributed by atoms with Crippen molar-refractivity contribution in [3.8, 4) is 0 Å². The normalized spacial score (nSPS) is 12.1. The van der Waals surface area contributed by atoms with E-state index in [0.29, 0.717) is 0 Å². The monoisotopic (exact) mass is 382 g/mol. The van der Waals surface area contributed by atoms with Crippen LogP contribution in [0.3, 0.4) is 0 Å². The number of nitrogens with zero attached hydrogens (tertiary/aromatic N) is 4. The number of carbonyl (C=O) groups excluding carboxylic acids is 1. The molecule has 0 bridgehead atoms. The van der Waals surface area contributed by atoms with E-state index >= 15 is 0 Å². The van der Waals surface area contributed by atoms with E-state index in [1.54, 1.807) is 6.92 Å².